The van der Waals surface area contributed by atoms with Crippen LogP contribution in [0.3, 0.4) is 0 Å². The summed E-state index contributed by atoms with van der Waals surface area (Å²) in [6.07, 6.45) is 10.3. The summed E-state index contributed by atoms with van der Waals surface area (Å²) in [5.41, 5.74) is 5.63. The Kier molecular flexibility index (Phi) is 2.69. The van der Waals surface area contributed by atoms with Gasteiger partial charge in [0.2, 0.25) is 0 Å². The van der Waals surface area contributed by atoms with E-state index in [0.29, 0.717) is 0 Å². The molecular weight excluding hydrogens is 146 g/mol. The van der Waals surface area contributed by atoms with Crippen LogP contribution in [0.1, 0.15) is 44.9 Å². The van der Waals surface area contributed by atoms with Gasteiger partial charge in [-0.25, -0.2) is 0 Å². The third-order valence-electron chi connectivity index (χ3n) is 4.02. The molecule has 2 rings (SSSR count). The molecule has 0 amide bonds. The normalized spacial score (nSPS) is 41.2. The summed E-state index contributed by atoms with van der Waals surface area (Å²) in [5.74, 6) is 3.16. The van der Waals surface area contributed by atoms with Gasteiger partial charge in [-0.3, -0.25) is 0 Å². The summed E-state index contributed by atoms with van der Waals surface area (Å²) in [6, 6.07) is 0. The minimum Gasteiger partial charge on any atom is -0.330 e. The lowest BCUT2D eigenvalue weighted by molar-refractivity contribution is 0.222. The standard InChI is InChI=1S/C11H21N/c12-8-7-10-6-5-9-3-1-2-4-11(9)10/h9-11H,1-8,12H2. The molecular formula is C11H21N. The molecule has 0 radical (unpaired) electrons. The van der Waals surface area contributed by atoms with E-state index in [-0.39, 0.29) is 0 Å². The molecule has 0 aromatic carbocycles. The van der Waals surface area contributed by atoms with Gasteiger partial charge in [0, 0.05) is 0 Å². The minimum atomic E-state index is 0.911. The SMILES string of the molecule is NCCC1CCC2CCCCC12. The fraction of sp³-hybridized carbons (Fsp3) is 1.00. The molecule has 1 heteroatoms. The lowest BCUT2D eigenvalue weighted by Crippen LogP contribution is -2.20. The smallest absolute Gasteiger partial charge is 0.00745 e. The second kappa shape index (κ2) is 3.78. The minimum absolute atomic E-state index is 0.911. The summed E-state index contributed by atoms with van der Waals surface area (Å²) in [5, 5.41) is 0. The van der Waals surface area contributed by atoms with Crippen LogP contribution < -0.4 is 5.73 Å². The summed E-state index contributed by atoms with van der Waals surface area (Å²) in [7, 11) is 0. The highest BCUT2D eigenvalue weighted by atomic mass is 14.5. The largest absolute Gasteiger partial charge is 0.330 e. The Hall–Kier alpha value is -0.0400. The number of hydrogen-bond donors (Lipinski definition) is 1. The van der Waals surface area contributed by atoms with Gasteiger partial charge in [-0.05, 0) is 50.0 Å². The quantitative estimate of drug-likeness (QED) is 0.672. The van der Waals surface area contributed by atoms with Crippen LogP contribution in [-0.2, 0) is 0 Å². The van der Waals surface area contributed by atoms with Gasteiger partial charge >= 0.3 is 0 Å². The number of hydrogen-bond acceptors (Lipinski definition) is 1. The molecule has 2 fully saturated rings. The zero-order chi connectivity index (χ0) is 8.39. The van der Waals surface area contributed by atoms with Crippen LogP contribution in [0.2, 0.25) is 0 Å². The van der Waals surface area contributed by atoms with Crippen LogP contribution in [-0.4, -0.2) is 6.54 Å². The van der Waals surface area contributed by atoms with Gasteiger partial charge in [-0.1, -0.05) is 19.3 Å². The van der Waals surface area contributed by atoms with Crippen LogP contribution in [0.25, 0.3) is 0 Å². The van der Waals surface area contributed by atoms with Crippen molar-refractivity contribution in [2.24, 2.45) is 23.5 Å². The Labute approximate surface area is 75.7 Å². The van der Waals surface area contributed by atoms with E-state index in [2.05, 4.69) is 0 Å². The van der Waals surface area contributed by atoms with Gasteiger partial charge in [0.15, 0.2) is 0 Å². The maximum Gasteiger partial charge on any atom is -0.00745 e. The Morgan fingerprint density at radius 1 is 1.00 bits per heavy atom. The maximum atomic E-state index is 5.63. The van der Waals surface area contributed by atoms with Crippen molar-refractivity contribution in [1.29, 1.82) is 0 Å². The van der Waals surface area contributed by atoms with Gasteiger partial charge in [0.05, 0.1) is 0 Å². The van der Waals surface area contributed by atoms with Crippen LogP contribution in [0, 0.1) is 17.8 Å². The molecule has 3 atom stereocenters. The molecule has 0 bridgehead atoms. The number of fused-ring (bicyclic) bond motifs is 1. The molecule has 0 aromatic rings. The summed E-state index contributed by atoms with van der Waals surface area (Å²) in [4.78, 5) is 0. The van der Waals surface area contributed by atoms with E-state index in [4.69, 9.17) is 5.73 Å². The van der Waals surface area contributed by atoms with E-state index >= 15 is 0 Å². The first-order valence-corrected chi connectivity index (χ1v) is 5.62. The van der Waals surface area contributed by atoms with E-state index in [1.165, 1.54) is 44.9 Å². The Morgan fingerprint density at radius 2 is 1.83 bits per heavy atom. The zero-order valence-electron chi connectivity index (χ0n) is 7.97. The molecule has 0 saturated heterocycles. The average molecular weight is 167 g/mol. The van der Waals surface area contributed by atoms with Crippen molar-refractivity contribution in [3.8, 4) is 0 Å². The molecule has 2 saturated carbocycles. The maximum absolute atomic E-state index is 5.63. The van der Waals surface area contributed by atoms with Crippen molar-refractivity contribution >= 4 is 0 Å². The van der Waals surface area contributed by atoms with Crippen LogP contribution >= 0.6 is 0 Å². The van der Waals surface area contributed by atoms with E-state index < -0.39 is 0 Å². The van der Waals surface area contributed by atoms with Gasteiger partial charge < -0.3 is 5.73 Å². The predicted molar refractivity (Wildman–Crippen MR) is 51.8 cm³/mol. The zero-order valence-corrected chi connectivity index (χ0v) is 7.97. The highest BCUT2D eigenvalue weighted by Gasteiger charge is 2.36. The molecule has 1 nitrogen and oxygen atoms in total. The topological polar surface area (TPSA) is 26.0 Å². The second-order valence-electron chi connectivity index (χ2n) is 4.62. The van der Waals surface area contributed by atoms with E-state index in [1.807, 2.05) is 0 Å². The van der Waals surface area contributed by atoms with E-state index in [0.717, 1.165) is 24.3 Å². The molecule has 0 spiro atoms. The molecule has 2 aliphatic rings. The van der Waals surface area contributed by atoms with Crippen LogP contribution in [0.15, 0.2) is 0 Å². The first kappa shape index (κ1) is 8.55. The van der Waals surface area contributed by atoms with E-state index in [9.17, 15) is 0 Å². The first-order valence-electron chi connectivity index (χ1n) is 5.62. The lowest BCUT2D eigenvalue weighted by atomic mass is 9.77. The van der Waals surface area contributed by atoms with Crippen LogP contribution in [0.4, 0.5) is 0 Å². The third-order valence-corrected chi connectivity index (χ3v) is 4.02. The summed E-state index contributed by atoms with van der Waals surface area (Å²) < 4.78 is 0. The molecule has 0 heterocycles. The van der Waals surface area contributed by atoms with Crippen LogP contribution in [0.5, 0.6) is 0 Å². The highest BCUT2D eigenvalue weighted by Crippen LogP contribution is 2.46. The van der Waals surface area contributed by atoms with Gasteiger partial charge in [-0.15, -0.1) is 0 Å². The second-order valence-corrected chi connectivity index (χ2v) is 4.62. The molecule has 12 heavy (non-hydrogen) atoms. The van der Waals surface area contributed by atoms with Crippen molar-refractivity contribution in [3.05, 3.63) is 0 Å². The number of nitrogens with two attached hydrogens (primary N) is 1. The van der Waals surface area contributed by atoms with Gasteiger partial charge in [0.1, 0.15) is 0 Å². The Morgan fingerprint density at radius 3 is 2.67 bits per heavy atom. The van der Waals surface area contributed by atoms with Gasteiger partial charge in [-0.2, -0.15) is 0 Å². The average Bonchev–Trinajstić information content (AvgIpc) is 2.50. The van der Waals surface area contributed by atoms with Crippen molar-refractivity contribution in [2.75, 3.05) is 6.54 Å². The fourth-order valence-corrected chi connectivity index (χ4v) is 3.43. The lowest BCUT2D eigenvalue weighted by Gasteiger charge is -2.29. The summed E-state index contributed by atoms with van der Waals surface area (Å²) in [6.45, 7) is 0.911. The molecule has 70 valence electrons. The molecule has 2 N–H and O–H groups in total. The molecule has 3 unspecified atom stereocenters. The Bertz CT molecular complexity index is 144. The van der Waals surface area contributed by atoms with Crippen molar-refractivity contribution < 1.29 is 0 Å². The molecule has 0 aliphatic heterocycles. The van der Waals surface area contributed by atoms with E-state index in [1.54, 1.807) is 0 Å². The van der Waals surface area contributed by atoms with Crippen molar-refractivity contribution in [3.63, 3.8) is 0 Å². The number of rotatable bonds is 2. The third kappa shape index (κ3) is 1.52. The fourth-order valence-electron chi connectivity index (χ4n) is 3.43. The Balaban J connectivity index is 1.92. The van der Waals surface area contributed by atoms with Gasteiger partial charge in [0.25, 0.3) is 0 Å². The predicted octanol–water partition coefficient (Wildman–Crippen LogP) is 2.55. The van der Waals surface area contributed by atoms with Crippen molar-refractivity contribution in [2.45, 2.75) is 44.9 Å². The first-order chi connectivity index (χ1) is 5.92. The van der Waals surface area contributed by atoms with Crippen molar-refractivity contribution in [1.82, 2.24) is 0 Å². The summed E-state index contributed by atoms with van der Waals surface area (Å²) >= 11 is 0. The monoisotopic (exact) mass is 167 g/mol. The molecule has 0 aromatic heterocycles. The molecule has 2 aliphatic carbocycles. The highest BCUT2D eigenvalue weighted by molar-refractivity contribution is 4.87.